The minimum Gasteiger partial charge on any atom is -0.494 e. The Kier molecular flexibility index (Phi) is 5.61. The third-order valence-corrected chi connectivity index (χ3v) is 4.87. The van der Waals surface area contributed by atoms with Crippen LogP contribution in [0.1, 0.15) is 36.3 Å². The number of hydrogen-bond donors (Lipinski definition) is 2. The lowest BCUT2D eigenvalue weighted by molar-refractivity contribution is 0.0952. The van der Waals surface area contributed by atoms with Crippen LogP contribution in [0.2, 0.25) is 0 Å². The first-order chi connectivity index (χ1) is 14.5. The fourth-order valence-electron chi connectivity index (χ4n) is 3.52. The molecule has 0 saturated heterocycles. The van der Waals surface area contributed by atoms with Crippen LogP contribution in [-0.4, -0.2) is 22.4 Å². The van der Waals surface area contributed by atoms with Crippen molar-refractivity contribution in [1.29, 1.82) is 0 Å². The van der Waals surface area contributed by atoms with Crippen molar-refractivity contribution in [3.63, 3.8) is 0 Å². The second-order valence-electron chi connectivity index (χ2n) is 7.37. The maximum atomic E-state index is 13.3. The number of rotatable bonds is 6. The Morgan fingerprint density at radius 3 is 2.37 bits per heavy atom. The Balaban J connectivity index is 1.68. The summed E-state index contributed by atoms with van der Waals surface area (Å²) in [4.78, 5) is 21.9. The van der Waals surface area contributed by atoms with Gasteiger partial charge in [0.05, 0.1) is 17.9 Å². The van der Waals surface area contributed by atoms with E-state index in [-0.39, 0.29) is 17.5 Å². The number of Topliss-reactive ketones (excluding diaryl/α,β-unsaturated/α-hetero) is 1. The molecular weight excluding hydrogens is 383 g/mol. The number of ketones is 1. The van der Waals surface area contributed by atoms with Crippen molar-refractivity contribution in [2.75, 3.05) is 17.2 Å². The van der Waals surface area contributed by atoms with Gasteiger partial charge >= 0.3 is 0 Å². The van der Waals surface area contributed by atoms with E-state index < -0.39 is 0 Å². The van der Waals surface area contributed by atoms with Crippen molar-refractivity contribution in [2.24, 2.45) is 5.92 Å². The number of carbonyl (C=O) groups is 1. The molecule has 2 aromatic carbocycles. The van der Waals surface area contributed by atoms with E-state index in [1.165, 1.54) is 12.1 Å². The van der Waals surface area contributed by atoms with E-state index in [0.717, 1.165) is 11.4 Å². The summed E-state index contributed by atoms with van der Waals surface area (Å²) in [6.45, 7) is 4.58. The fraction of sp³-hybridized carbons (Fsp3) is 0.261. The van der Waals surface area contributed by atoms with Gasteiger partial charge in [-0.1, -0.05) is 6.92 Å². The molecule has 1 aliphatic rings. The van der Waals surface area contributed by atoms with Gasteiger partial charge in [0.25, 0.3) is 0 Å². The average molecular weight is 406 g/mol. The summed E-state index contributed by atoms with van der Waals surface area (Å²) in [5, 5.41) is 6.36. The minimum atomic E-state index is -0.326. The number of hydrogen-bond acceptors (Lipinski definition) is 6. The van der Waals surface area contributed by atoms with Crippen LogP contribution in [0, 0.1) is 11.7 Å². The van der Waals surface area contributed by atoms with Crippen molar-refractivity contribution in [2.45, 2.75) is 26.7 Å². The van der Waals surface area contributed by atoms with Crippen LogP contribution in [0.5, 0.6) is 5.75 Å². The molecule has 0 amide bonds. The Bertz CT molecular complexity index is 1050. The topological polar surface area (TPSA) is 76.1 Å². The zero-order valence-corrected chi connectivity index (χ0v) is 16.9. The molecule has 2 N–H and O–H groups in total. The molecule has 1 unspecified atom stereocenters. The molecule has 1 aliphatic carbocycles. The lowest BCUT2D eigenvalue weighted by Gasteiger charge is -2.23. The minimum absolute atomic E-state index is 0.0148. The summed E-state index contributed by atoms with van der Waals surface area (Å²) in [5.41, 5.74) is 2.68. The molecule has 7 heteroatoms. The number of ether oxygens (including phenoxy) is 1. The maximum absolute atomic E-state index is 13.3. The number of aromatic nitrogens is 2. The first-order valence-electron chi connectivity index (χ1n) is 9.98. The summed E-state index contributed by atoms with van der Waals surface area (Å²) < 4.78 is 18.7. The van der Waals surface area contributed by atoms with E-state index in [2.05, 4.69) is 20.6 Å². The number of carbonyl (C=O) groups excluding carboxylic acids is 1. The third-order valence-electron chi connectivity index (χ3n) is 4.87. The van der Waals surface area contributed by atoms with E-state index >= 15 is 0 Å². The quantitative estimate of drug-likeness (QED) is 0.581. The largest absolute Gasteiger partial charge is 0.494 e. The number of nitrogens with one attached hydrogen (secondary N) is 2. The number of anilines is 4. The van der Waals surface area contributed by atoms with Gasteiger partial charge in [-0.3, -0.25) is 4.79 Å². The average Bonchev–Trinajstić information content (AvgIpc) is 2.71. The van der Waals surface area contributed by atoms with E-state index in [1.807, 2.05) is 38.1 Å². The Morgan fingerprint density at radius 1 is 1.00 bits per heavy atom. The fourth-order valence-corrected chi connectivity index (χ4v) is 3.52. The van der Waals surface area contributed by atoms with Gasteiger partial charge in [0, 0.05) is 17.8 Å². The van der Waals surface area contributed by atoms with E-state index in [1.54, 1.807) is 12.1 Å². The normalized spacial score (nSPS) is 15.4. The zero-order valence-electron chi connectivity index (χ0n) is 16.9. The Labute approximate surface area is 174 Å². The van der Waals surface area contributed by atoms with Gasteiger partial charge < -0.3 is 15.4 Å². The molecule has 0 saturated carbocycles. The molecule has 154 valence electrons. The highest BCUT2D eigenvalue weighted by atomic mass is 19.1. The summed E-state index contributed by atoms with van der Waals surface area (Å²) in [5.74, 6) is 1.51. The summed E-state index contributed by atoms with van der Waals surface area (Å²) in [6, 6.07) is 13.4. The lowest BCUT2D eigenvalue weighted by Crippen LogP contribution is -2.22. The predicted molar refractivity (Wildman–Crippen MR) is 114 cm³/mol. The summed E-state index contributed by atoms with van der Waals surface area (Å²) >= 11 is 0. The highest BCUT2D eigenvalue weighted by Crippen LogP contribution is 2.32. The first-order valence-corrected chi connectivity index (χ1v) is 9.98. The number of fused-ring (bicyclic) bond motifs is 1. The monoisotopic (exact) mass is 406 g/mol. The molecule has 30 heavy (non-hydrogen) atoms. The van der Waals surface area contributed by atoms with Crippen LogP contribution in [0.4, 0.5) is 27.5 Å². The predicted octanol–water partition coefficient (Wildman–Crippen LogP) is 5.27. The maximum Gasteiger partial charge on any atom is 0.229 e. The molecule has 0 radical (unpaired) electrons. The van der Waals surface area contributed by atoms with Gasteiger partial charge in [-0.25, -0.2) is 9.37 Å². The molecule has 1 aromatic heterocycles. The smallest absolute Gasteiger partial charge is 0.229 e. The molecule has 0 bridgehead atoms. The summed E-state index contributed by atoms with van der Waals surface area (Å²) in [6.07, 6.45) is 1.15. The first kappa shape index (κ1) is 19.8. The second kappa shape index (κ2) is 8.49. The molecule has 0 aliphatic heterocycles. The summed E-state index contributed by atoms with van der Waals surface area (Å²) in [7, 11) is 0. The molecule has 4 rings (SSSR count). The van der Waals surface area contributed by atoms with Gasteiger partial charge in [-0.05, 0) is 67.8 Å². The molecule has 0 fully saturated rings. The van der Waals surface area contributed by atoms with Gasteiger partial charge in [0.2, 0.25) is 5.95 Å². The number of benzene rings is 2. The molecule has 0 spiro atoms. The van der Waals surface area contributed by atoms with Crippen LogP contribution in [0.25, 0.3) is 0 Å². The van der Waals surface area contributed by atoms with Gasteiger partial charge in [0.1, 0.15) is 17.4 Å². The SMILES string of the molecule is CCOc1ccc(Nc2nc3c(c(Nc4ccc(F)cc4)n2)C(=O)CC(C)C3)cc1. The van der Waals surface area contributed by atoms with Crippen molar-refractivity contribution in [3.8, 4) is 5.75 Å². The van der Waals surface area contributed by atoms with Crippen LogP contribution in [0.15, 0.2) is 48.5 Å². The molecule has 1 heterocycles. The highest BCUT2D eigenvalue weighted by Gasteiger charge is 2.28. The van der Waals surface area contributed by atoms with Gasteiger partial charge in [-0.2, -0.15) is 4.98 Å². The Hall–Kier alpha value is -3.48. The molecule has 1 atom stereocenters. The van der Waals surface area contributed by atoms with E-state index in [4.69, 9.17) is 4.74 Å². The second-order valence-corrected chi connectivity index (χ2v) is 7.37. The van der Waals surface area contributed by atoms with E-state index in [9.17, 15) is 9.18 Å². The molecule has 3 aromatic rings. The van der Waals surface area contributed by atoms with E-state index in [0.29, 0.717) is 48.2 Å². The number of nitrogens with zero attached hydrogens (tertiary/aromatic N) is 2. The van der Waals surface area contributed by atoms with Crippen LogP contribution in [0.3, 0.4) is 0 Å². The van der Waals surface area contributed by atoms with Crippen molar-refractivity contribution < 1.29 is 13.9 Å². The van der Waals surface area contributed by atoms with Crippen molar-refractivity contribution in [3.05, 3.63) is 65.6 Å². The zero-order chi connectivity index (χ0) is 21.1. The van der Waals surface area contributed by atoms with Crippen LogP contribution < -0.4 is 15.4 Å². The third kappa shape index (κ3) is 4.40. The van der Waals surface area contributed by atoms with Crippen molar-refractivity contribution in [1.82, 2.24) is 9.97 Å². The highest BCUT2D eigenvalue weighted by molar-refractivity contribution is 6.03. The van der Waals surface area contributed by atoms with Crippen LogP contribution >= 0.6 is 0 Å². The molecular formula is C23H23FN4O2. The lowest BCUT2D eigenvalue weighted by atomic mass is 9.87. The van der Waals surface area contributed by atoms with Crippen molar-refractivity contribution >= 4 is 28.9 Å². The number of halogens is 1. The Morgan fingerprint density at radius 2 is 1.67 bits per heavy atom. The van der Waals surface area contributed by atoms with Gasteiger partial charge in [-0.15, -0.1) is 0 Å². The standard InChI is InChI=1S/C23H23FN4O2/c1-3-30-18-10-8-17(9-11-18)26-23-27-19-12-14(2)13-20(29)21(19)22(28-23)25-16-6-4-15(24)5-7-16/h4-11,14H,3,12-13H2,1-2H3,(H2,25,26,27,28). The van der Waals surface area contributed by atoms with Crippen LogP contribution in [-0.2, 0) is 6.42 Å². The van der Waals surface area contributed by atoms with Gasteiger partial charge in [0.15, 0.2) is 5.78 Å². The molecule has 6 nitrogen and oxygen atoms in total.